The second-order valence-corrected chi connectivity index (χ2v) is 3.33. The van der Waals surface area contributed by atoms with Crippen LogP contribution >= 0.6 is 0 Å². The number of fused-ring (bicyclic) bond motifs is 1. The van der Waals surface area contributed by atoms with Gasteiger partial charge in [0.1, 0.15) is 0 Å². The maximum Gasteiger partial charge on any atom is 0.0317 e. The minimum Gasteiger partial charge on any atom is -0.399 e. The zero-order chi connectivity index (χ0) is 8.55. The highest BCUT2D eigenvalue weighted by Crippen LogP contribution is 2.27. The summed E-state index contributed by atoms with van der Waals surface area (Å²) in [4.78, 5) is 0. The number of rotatable bonds is 0. The van der Waals surface area contributed by atoms with Crippen molar-refractivity contribution >= 4 is 5.69 Å². The van der Waals surface area contributed by atoms with Crippen LogP contribution in [0.5, 0.6) is 0 Å². The molecule has 0 bridgehead atoms. The first-order valence-electron chi connectivity index (χ1n) is 4.31. The normalized spacial score (nSPS) is 18.2. The Morgan fingerprint density at radius 2 is 2.00 bits per heavy atom. The summed E-state index contributed by atoms with van der Waals surface area (Å²) >= 11 is 0. The highest BCUT2D eigenvalue weighted by molar-refractivity contribution is 5.50. The number of allylic oxidation sites excluding steroid dienone is 2. The van der Waals surface area contributed by atoms with Crippen LogP contribution in [0, 0.1) is 0 Å². The molecular formula is C11H13N. The first kappa shape index (κ1) is 7.41. The Labute approximate surface area is 72.9 Å². The first-order chi connectivity index (χ1) is 5.79. The first-order valence-corrected chi connectivity index (χ1v) is 4.31. The lowest BCUT2D eigenvalue weighted by Crippen LogP contribution is -1.87. The van der Waals surface area contributed by atoms with Gasteiger partial charge in [0.25, 0.3) is 0 Å². The van der Waals surface area contributed by atoms with E-state index < -0.39 is 0 Å². The summed E-state index contributed by atoms with van der Waals surface area (Å²) in [5.41, 5.74) is 10.9. The molecule has 0 aliphatic heterocycles. The number of hydrogen-bond acceptors (Lipinski definition) is 1. The molecule has 0 radical (unpaired) electrons. The lowest BCUT2D eigenvalue weighted by molar-refractivity contribution is 1.16. The number of nitrogens with two attached hydrogens (primary N) is 1. The third-order valence-corrected chi connectivity index (χ3v) is 2.47. The summed E-state index contributed by atoms with van der Waals surface area (Å²) < 4.78 is 0. The molecule has 1 aromatic carbocycles. The Bertz CT molecular complexity index is 337. The molecule has 0 unspecified atom stereocenters. The van der Waals surface area contributed by atoms with E-state index in [9.17, 15) is 0 Å². The standard InChI is InChI=1S/C11H13N/c1-2-8-5-9-3-4-11(12)7-10(9)6-8/h2-4,7H,5-6,12H2,1H3. The molecule has 1 heteroatoms. The molecule has 0 spiro atoms. The molecule has 1 aromatic rings. The largest absolute Gasteiger partial charge is 0.399 e. The second-order valence-electron chi connectivity index (χ2n) is 3.33. The average molecular weight is 159 g/mol. The van der Waals surface area contributed by atoms with Crippen LogP contribution in [-0.4, -0.2) is 0 Å². The fraction of sp³-hybridized carbons (Fsp3) is 0.273. The smallest absolute Gasteiger partial charge is 0.0317 e. The molecule has 2 N–H and O–H groups in total. The lowest BCUT2D eigenvalue weighted by Gasteiger charge is -1.97. The van der Waals surface area contributed by atoms with E-state index >= 15 is 0 Å². The van der Waals surface area contributed by atoms with Crippen molar-refractivity contribution in [3.05, 3.63) is 41.0 Å². The van der Waals surface area contributed by atoms with Crippen molar-refractivity contribution < 1.29 is 0 Å². The van der Waals surface area contributed by atoms with Crippen LogP contribution in [0.15, 0.2) is 29.8 Å². The van der Waals surface area contributed by atoms with Crippen molar-refractivity contribution in [1.82, 2.24) is 0 Å². The predicted molar refractivity (Wildman–Crippen MR) is 52.0 cm³/mol. The van der Waals surface area contributed by atoms with Gasteiger partial charge in [-0.05, 0) is 43.0 Å². The fourth-order valence-electron chi connectivity index (χ4n) is 1.74. The SMILES string of the molecule is CC=C1Cc2ccc(N)cc2C1. The molecular weight excluding hydrogens is 146 g/mol. The van der Waals surface area contributed by atoms with E-state index in [0.717, 1.165) is 18.5 Å². The highest BCUT2D eigenvalue weighted by Gasteiger charge is 2.13. The Balaban J connectivity index is 2.42. The molecule has 0 saturated heterocycles. The zero-order valence-electron chi connectivity index (χ0n) is 7.30. The summed E-state index contributed by atoms with van der Waals surface area (Å²) in [7, 11) is 0. The van der Waals surface area contributed by atoms with Crippen molar-refractivity contribution in [3.63, 3.8) is 0 Å². The zero-order valence-corrected chi connectivity index (χ0v) is 7.30. The fourth-order valence-corrected chi connectivity index (χ4v) is 1.74. The van der Waals surface area contributed by atoms with Crippen LogP contribution in [-0.2, 0) is 12.8 Å². The third kappa shape index (κ3) is 1.11. The minimum atomic E-state index is 0.881. The Morgan fingerprint density at radius 3 is 2.75 bits per heavy atom. The van der Waals surface area contributed by atoms with Gasteiger partial charge in [-0.25, -0.2) is 0 Å². The summed E-state index contributed by atoms with van der Waals surface area (Å²) in [6.45, 7) is 2.10. The molecule has 1 nitrogen and oxygen atoms in total. The van der Waals surface area contributed by atoms with Crippen LogP contribution < -0.4 is 5.73 Å². The molecule has 1 aliphatic carbocycles. The molecule has 0 amide bonds. The van der Waals surface area contributed by atoms with Crippen LogP contribution in [0.25, 0.3) is 0 Å². The minimum absolute atomic E-state index is 0.881. The van der Waals surface area contributed by atoms with Gasteiger partial charge in [0, 0.05) is 5.69 Å². The van der Waals surface area contributed by atoms with Crippen molar-refractivity contribution in [1.29, 1.82) is 0 Å². The van der Waals surface area contributed by atoms with Crippen LogP contribution in [0.2, 0.25) is 0 Å². The van der Waals surface area contributed by atoms with E-state index in [0.29, 0.717) is 0 Å². The summed E-state index contributed by atoms with van der Waals surface area (Å²) in [6.07, 6.45) is 4.42. The number of anilines is 1. The molecule has 2 rings (SSSR count). The van der Waals surface area contributed by atoms with Gasteiger partial charge in [-0.2, -0.15) is 0 Å². The van der Waals surface area contributed by atoms with Gasteiger partial charge in [-0.3, -0.25) is 0 Å². The maximum atomic E-state index is 5.70. The lowest BCUT2D eigenvalue weighted by atomic mass is 10.1. The van der Waals surface area contributed by atoms with Gasteiger partial charge in [-0.1, -0.05) is 17.7 Å². The van der Waals surface area contributed by atoms with Gasteiger partial charge < -0.3 is 5.73 Å². The van der Waals surface area contributed by atoms with Crippen molar-refractivity contribution in [2.24, 2.45) is 0 Å². The molecule has 0 aromatic heterocycles. The van der Waals surface area contributed by atoms with Gasteiger partial charge in [0.05, 0.1) is 0 Å². The monoisotopic (exact) mass is 159 g/mol. The Hall–Kier alpha value is -1.24. The van der Waals surface area contributed by atoms with E-state index in [1.165, 1.54) is 16.7 Å². The number of benzene rings is 1. The molecule has 0 fully saturated rings. The Morgan fingerprint density at radius 1 is 1.25 bits per heavy atom. The van der Waals surface area contributed by atoms with Crippen molar-refractivity contribution in [2.45, 2.75) is 19.8 Å². The molecule has 62 valence electrons. The second kappa shape index (κ2) is 2.67. The van der Waals surface area contributed by atoms with Crippen LogP contribution in [0.1, 0.15) is 18.1 Å². The maximum absolute atomic E-state index is 5.70. The van der Waals surface area contributed by atoms with Gasteiger partial charge >= 0.3 is 0 Å². The summed E-state index contributed by atoms with van der Waals surface area (Å²) in [5.74, 6) is 0. The van der Waals surface area contributed by atoms with E-state index in [1.54, 1.807) is 0 Å². The molecule has 0 saturated carbocycles. The van der Waals surface area contributed by atoms with Gasteiger partial charge in [0.15, 0.2) is 0 Å². The van der Waals surface area contributed by atoms with E-state index in [2.05, 4.69) is 25.1 Å². The quantitative estimate of drug-likeness (QED) is 0.456. The third-order valence-electron chi connectivity index (χ3n) is 2.47. The summed E-state index contributed by atoms with van der Waals surface area (Å²) in [5, 5.41) is 0. The predicted octanol–water partition coefficient (Wildman–Crippen LogP) is 2.31. The number of nitrogen functional groups attached to an aromatic ring is 1. The highest BCUT2D eigenvalue weighted by atomic mass is 14.5. The Kier molecular flexibility index (Phi) is 1.65. The van der Waals surface area contributed by atoms with Crippen LogP contribution in [0.3, 0.4) is 0 Å². The van der Waals surface area contributed by atoms with Crippen LogP contribution in [0.4, 0.5) is 5.69 Å². The molecule has 12 heavy (non-hydrogen) atoms. The van der Waals surface area contributed by atoms with E-state index in [4.69, 9.17) is 5.73 Å². The number of hydrogen-bond donors (Lipinski definition) is 1. The topological polar surface area (TPSA) is 26.0 Å². The van der Waals surface area contributed by atoms with Gasteiger partial charge in [0.2, 0.25) is 0 Å². The van der Waals surface area contributed by atoms with E-state index in [-0.39, 0.29) is 0 Å². The van der Waals surface area contributed by atoms with Gasteiger partial charge in [-0.15, -0.1) is 0 Å². The average Bonchev–Trinajstić information content (AvgIpc) is 2.46. The van der Waals surface area contributed by atoms with E-state index in [1.807, 2.05) is 6.07 Å². The van der Waals surface area contributed by atoms with Crippen molar-refractivity contribution in [2.75, 3.05) is 5.73 Å². The summed E-state index contributed by atoms with van der Waals surface area (Å²) in [6, 6.07) is 6.21. The molecule has 1 aliphatic rings. The van der Waals surface area contributed by atoms with Crippen molar-refractivity contribution in [3.8, 4) is 0 Å². The molecule has 0 heterocycles. The molecule has 0 atom stereocenters.